The maximum atomic E-state index is 13.5. The number of hydrogen-bond donors (Lipinski definition) is 1. The van der Waals surface area contributed by atoms with Crippen LogP contribution in [0.2, 0.25) is 0 Å². The van der Waals surface area contributed by atoms with Crippen LogP contribution in [-0.4, -0.2) is 20.2 Å². The van der Waals surface area contributed by atoms with Gasteiger partial charge in [-0.2, -0.15) is 0 Å². The van der Waals surface area contributed by atoms with Gasteiger partial charge in [0.1, 0.15) is 11.6 Å². The maximum Gasteiger partial charge on any atom is 0.126 e. The number of hydrogen-bond acceptors (Lipinski definition) is 2. The minimum absolute atomic E-state index is 0.125. The molecule has 0 bridgehead atoms. The Labute approximate surface area is 83.1 Å². The molecule has 1 aromatic rings. The lowest BCUT2D eigenvalue weighted by Crippen LogP contribution is -2.09. The van der Waals surface area contributed by atoms with Crippen molar-refractivity contribution < 1.29 is 9.13 Å². The minimum Gasteiger partial charge on any atom is -0.497 e. The lowest BCUT2D eigenvalue weighted by Gasteiger charge is -2.11. The molecule has 1 aliphatic rings. The average Bonchev–Trinajstić information content (AvgIpc) is 2.71. The highest BCUT2D eigenvalue weighted by Gasteiger charge is 2.20. The van der Waals surface area contributed by atoms with Crippen LogP contribution in [0.15, 0.2) is 18.2 Å². The molecule has 2 nitrogen and oxygen atoms in total. The molecule has 1 saturated heterocycles. The molecular weight excluding hydrogens is 181 g/mol. The molecule has 2 rings (SSSR count). The van der Waals surface area contributed by atoms with Gasteiger partial charge in [-0.3, -0.25) is 0 Å². The molecule has 1 heterocycles. The summed E-state index contributed by atoms with van der Waals surface area (Å²) in [4.78, 5) is 0. The summed E-state index contributed by atoms with van der Waals surface area (Å²) in [6.07, 6.45) is 1.00. The van der Waals surface area contributed by atoms with Crippen molar-refractivity contribution >= 4 is 0 Å². The van der Waals surface area contributed by atoms with Gasteiger partial charge < -0.3 is 10.1 Å². The smallest absolute Gasteiger partial charge is 0.126 e. The predicted molar refractivity (Wildman–Crippen MR) is 53.2 cm³/mol. The van der Waals surface area contributed by atoms with E-state index in [0.29, 0.717) is 5.92 Å². The Hall–Kier alpha value is -1.09. The van der Waals surface area contributed by atoms with Crippen LogP contribution in [0.4, 0.5) is 4.39 Å². The second kappa shape index (κ2) is 3.96. The Kier molecular flexibility index (Phi) is 2.68. The summed E-state index contributed by atoms with van der Waals surface area (Å²) in [6.45, 7) is 1.84. The van der Waals surface area contributed by atoms with E-state index in [9.17, 15) is 4.39 Å². The van der Waals surface area contributed by atoms with Crippen molar-refractivity contribution in [3.8, 4) is 5.75 Å². The molecule has 0 aromatic heterocycles. The molecule has 1 atom stereocenters. The fourth-order valence-electron chi connectivity index (χ4n) is 1.88. The Morgan fingerprint density at radius 1 is 1.50 bits per heavy atom. The van der Waals surface area contributed by atoms with Crippen LogP contribution in [0.3, 0.4) is 0 Å². The first-order valence-electron chi connectivity index (χ1n) is 4.85. The van der Waals surface area contributed by atoms with Gasteiger partial charge in [0.25, 0.3) is 0 Å². The molecule has 1 N–H and O–H groups in total. The van der Waals surface area contributed by atoms with Crippen molar-refractivity contribution in [2.75, 3.05) is 20.2 Å². The van der Waals surface area contributed by atoms with Crippen LogP contribution in [0, 0.1) is 5.82 Å². The Morgan fingerprint density at radius 3 is 3.00 bits per heavy atom. The predicted octanol–water partition coefficient (Wildman–Crippen LogP) is 1.91. The SMILES string of the molecule is COc1ccc(F)c(C2CCNC2)c1. The normalized spacial score (nSPS) is 21.1. The van der Waals surface area contributed by atoms with Crippen molar-refractivity contribution in [3.63, 3.8) is 0 Å². The van der Waals surface area contributed by atoms with E-state index in [-0.39, 0.29) is 5.82 Å². The number of nitrogens with one attached hydrogen (secondary N) is 1. The molecular formula is C11H14FNO. The van der Waals surface area contributed by atoms with E-state index in [1.807, 2.05) is 0 Å². The third-order valence-electron chi connectivity index (χ3n) is 2.70. The number of rotatable bonds is 2. The first kappa shape index (κ1) is 9.46. The molecule has 3 heteroatoms. The van der Waals surface area contributed by atoms with Crippen LogP contribution in [0.1, 0.15) is 17.9 Å². The molecule has 1 unspecified atom stereocenters. The van der Waals surface area contributed by atoms with E-state index in [4.69, 9.17) is 4.74 Å². The minimum atomic E-state index is -0.125. The van der Waals surface area contributed by atoms with Gasteiger partial charge in [0.15, 0.2) is 0 Å². The van der Waals surface area contributed by atoms with E-state index in [1.165, 1.54) is 6.07 Å². The van der Waals surface area contributed by atoms with Crippen LogP contribution in [0.5, 0.6) is 5.75 Å². The van der Waals surface area contributed by atoms with Gasteiger partial charge in [0.05, 0.1) is 7.11 Å². The van der Waals surface area contributed by atoms with Crippen molar-refractivity contribution in [1.82, 2.24) is 5.32 Å². The Bertz CT molecular complexity index is 321. The Balaban J connectivity index is 2.29. The maximum absolute atomic E-state index is 13.5. The van der Waals surface area contributed by atoms with Gasteiger partial charge in [0.2, 0.25) is 0 Å². The van der Waals surface area contributed by atoms with Crippen molar-refractivity contribution in [2.45, 2.75) is 12.3 Å². The largest absolute Gasteiger partial charge is 0.497 e. The van der Waals surface area contributed by atoms with Crippen molar-refractivity contribution in [2.24, 2.45) is 0 Å². The fourth-order valence-corrected chi connectivity index (χ4v) is 1.88. The van der Waals surface area contributed by atoms with E-state index in [1.54, 1.807) is 19.2 Å². The molecule has 14 heavy (non-hydrogen) atoms. The van der Waals surface area contributed by atoms with Gasteiger partial charge in [-0.1, -0.05) is 0 Å². The second-order valence-electron chi connectivity index (χ2n) is 3.58. The summed E-state index contributed by atoms with van der Waals surface area (Å²) >= 11 is 0. The molecule has 0 amide bonds. The quantitative estimate of drug-likeness (QED) is 0.778. The molecule has 76 valence electrons. The molecule has 0 aliphatic carbocycles. The van der Waals surface area contributed by atoms with Crippen LogP contribution < -0.4 is 10.1 Å². The van der Waals surface area contributed by atoms with E-state index in [2.05, 4.69) is 5.32 Å². The third kappa shape index (κ3) is 1.73. The topological polar surface area (TPSA) is 21.3 Å². The van der Waals surface area contributed by atoms with Crippen molar-refractivity contribution in [3.05, 3.63) is 29.6 Å². The average molecular weight is 195 g/mol. The zero-order valence-corrected chi connectivity index (χ0v) is 8.22. The van der Waals surface area contributed by atoms with Crippen LogP contribution in [-0.2, 0) is 0 Å². The van der Waals surface area contributed by atoms with Gasteiger partial charge in [-0.25, -0.2) is 4.39 Å². The van der Waals surface area contributed by atoms with Crippen molar-refractivity contribution in [1.29, 1.82) is 0 Å². The van der Waals surface area contributed by atoms with E-state index < -0.39 is 0 Å². The summed E-state index contributed by atoms with van der Waals surface area (Å²) in [5.74, 6) is 0.901. The molecule has 0 radical (unpaired) electrons. The summed E-state index contributed by atoms with van der Waals surface area (Å²) < 4.78 is 18.6. The number of ether oxygens (including phenoxy) is 1. The van der Waals surface area contributed by atoms with E-state index in [0.717, 1.165) is 30.8 Å². The Morgan fingerprint density at radius 2 is 2.36 bits per heavy atom. The highest BCUT2D eigenvalue weighted by atomic mass is 19.1. The fraction of sp³-hybridized carbons (Fsp3) is 0.455. The number of benzene rings is 1. The molecule has 1 fully saturated rings. The molecule has 1 aromatic carbocycles. The molecule has 0 saturated carbocycles. The number of halogens is 1. The van der Waals surface area contributed by atoms with Crippen LogP contribution >= 0.6 is 0 Å². The van der Waals surface area contributed by atoms with E-state index >= 15 is 0 Å². The highest BCUT2D eigenvalue weighted by Crippen LogP contribution is 2.27. The molecule has 1 aliphatic heterocycles. The lowest BCUT2D eigenvalue weighted by molar-refractivity contribution is 0.412. The zero-order chi connectivity index (χ0) is 9.97. The number of methoxy groups -OCH3 is 1. The van der Waals surface area contributed by atoms with Gasteiger partial charge in [0, 0.05) is 12.5 Å². The molecule has 0 spiro atoms. The summed E-state index contributed by atoms with van der Waals surface area (Å²) in [6, 6.07) is 4.93. The van der Waals surface area contributed by atoms with Gasteiger partial charge in [-0.05, 0) is 36.7 Å². The monoisotopic (exact) mass is 195 g/mol. The highest BCUT2D eigenvalue weighted by molar-refractivity contribution is 5.32. The second-order valence-corrected chi connectivity index (χ2v) is 3.58. The van der Waals surface area contributed by atoms with Gasteiger partial charge in [-0.15, -0.1) is 0 Å². The zero-order valence-electron chi connectivity index (χ0n) is 8.22. The standard InChI is InChI=1S/C11H14FNO/c1-14-9-2-3-11(12)10(6-9)8-4-5-13-7-8/h2-3,6,8,13H,4-5,7H2,1H3. The first-order valence-corrected chi connectivity index (χ1v) is 4.85. The van der Waals surface area contributed by atoms with Crippen LogP contribution in [0.25, 0.3) is 0 Å². The lowest BCUT2D eigenvalue weighted by atomic mass is 9.98. The first-order chi connectivity index (χ1) is 6.81. The third-order valence-corrected chi connectivity index (χ3v) is 2.70. The summed E-state index contributed by atoms with van der Waals surface area (Å²) in [5, 5.41) is 3.23. The van der Waals surface area contributed by atoms with Gasteiger partial charge >= 0.3 is 0 Å². The summed E-state index contributed by atoms with van der Waals surface area (Å²) in [5.41, 5.74) is 0.773. The summed E-state index contributed by atoms with van der Waals surface area (Å²) in [7, 11) is 1.60.